The lowest BCUT2D eigenvalue weighted by Gasteiger charge is -2.35. The summed E-state index contributed by atoms with van der Waals surface area (Å²) < 4.78 is 5.88. The maximum Gasteiger partial charge on any atom is 0.270 e. The van der Waals surface area contributed by atoms with Crippen molar-refractivity contribution in [1.29, 1.82) is 0 Å². The minimum atomic E-state index is -0.124. The number of hydrogen-bond donors (Lipinski definition) is 1. The third-order valence-electron chi connectivity index (χ3n) is 4.71. The van der Waals surface area contributed by atoms with Gasteiger partial charge in [-0.3, -0.25) is 9.69 Å². The summed E-state index contributed by atoms with van der Waals surface area (Å²) in [6, 6.07) is 10.5. The van der Waals surface area contributed by atoms with Gasteiger partial charge in [0.1, 0.15) is 10.7 Å². The number of rotatable bonds is 4. The summed E-state index contributed by atoms with van der Waals surface area (Å²) >= 11 is 1.49. The van der Waals surface area contributed by atoms with Crippen molar-refractivity contribution in [3.8, 4) is 10.6 Å². The Balaban J connectivity index is 1.33. The third-order valence-corrected chi connectivity index (χ3v) is 5.60. The van der Waals surface area contributed by atoms with Crippen LogP contribution in [0.2, 0.25) is 0 Å². The van der Waals surface area contributed by atoms with Crippen LogP contribution in [0.5, 0.6) is 0 Å². The smallest absolute Gasteiger partial charge is 0.270 e. The van der Waals surface area contributed by atoms with Gasteiger partial charge in [0.15, 0.2) is 0 Å². The maximum absolute atomic E-state index is 12.3. The number of aromatic nitrogens is 1. The molecular weight excluding hydrogens is 322 g/mol. The number of nitrogens with one attached hydrogen (secondary N) is 1. The first kappa shape index (κ1) is 15.7. The van der Waals surface area contributed by atoms with Gasteiger partial charge in [-0.2, -0.15) is 0 Å². The van der Waals surface area contributed by atoms with E-state index >= 15 is 0 Å². The molecule has 3 heterocycles. The number of nitrogens with zero attached hydrogens (tertiary/aromatic N) is 2. The van der Waals surface area contributed by atoms with Gasteiger partial charge in [-0.1, -0.05) is 30.3 Å². The van der Waals surface area contributed by atoms with Crippen molar-refractivity contribution in [2.45, 2.75) is 25.0 Å². The van der Waals surface area contributed by atoms with Gasteiger partial charge in [-0.05, 0) is 19.4 Å². The number of carbonyl (C=O) groups is 1. The highest BCUT2D eigenvalue weighted by Gasteiger charge is 2.32. The molecule has 1 aromatic carbocycles. The number of benzene rings is 1. The van der Waals surface area contributed by atoms with E-state index in [9.17, 15) is 4.79 Å². The van der Waals surface area contributed by atoms with Crippen LogP contribution >= 0.6 is 11.3 Å². The van der Waals surface area contributed by atoms with Crippen LogP contribution in [0.1, 0.15) is 23.3 Å². The summed E-state index contributed by atoms with van der Waals surface area (Å²) in [6.07, 6.45) is 2.57. The van der Waals surface area contributed by atoms with Crippen LogP contribution < -0.4 is 5.32 Å². The van der Waals surface area contributed by atoms with Crippen molar-refractivity contribution < 1.29 is 9.53 Å². The Bertz CT molecular complexity index is 703. The van der Waals surface area contributed by atoms with Crippen LogP contribution in [0.4, 0.5) is 0 Å². The maximum atomic E-state index is 12.3. The molecule has 1 N–H and O–H groups in total. The lowest BCUT2D eigenvalue weighted by atomic mass is 10.2. The Morgan fingerprint density at radius 1 is 1.38 bits per heavy atom. The predicted molar refractivity (Wildman–Crippen MR) is 94.2 cm³/mol. The second-order valence-electron chi connectivity index (χ2n) is 6.36. The Morgan fingerprint density at radius 2 is 2.25 bits per heavy atom. The Morgan fingerprint density at radius 3 is 3.12 bits per heavy atom. The lowest BCUT2D eigenvalue weighted by Crippen LogP contribution is -2.50. The van der Waals surface area contributed by atoms with Crippen molar-refractivity contribution in [1.82, 2.24) is 15.2 Å². The molecule has 4 rings (SSSR count). The average Bonchev–Trinajstić information content (AvgIpc) is 3.29. The van der Waals surface area contributed by atoms with E-state index in [0.717, 1.165) is 30.3 Å². The van der Waals surface area contributed by atoms with Gasteiger partial charge >= 0.3 is 0 Å². The molecule has 5 nitrogen and oxygen atoms in total. The minimum Gasteiger partial charge on any atom is -0.373 e. The number of morpholine rings is 1. The van der Waals surface area contributed by atoms with Gasteiger partial charge in [-0.15, -0.1) is 11.3 Å². The highest BCUT2D eigenvalue weighted by Crippen LogP contribution is 2.24. The molecule has 2 aliphatic heterocycles. The molecule has 2 aromatic rings. The molecule has 2 fully saturated rings. The zero-order valence-corrected chi connectivity index (χ0v) is 14.3. The fourth-order valence-electron chi connectivity index (χ4n) is 3.40. The van der Waals surface area contributed by atoms with Crippen molar-refractivity contribution >= 4 is 17.2 Å². The highest BCUT2D eigenvalue weighted by molar-refractivity contribution is 7.13. The van der Waals surface area contributed by atoms with E-state index < -0.39 is 0 Å². The Hall–Kier alpha value is -1.76. The molecule has 0 saturated carbocycles. The van der Waals surface area contributed by atoms with Crippen molar-refractivity contribution in [2.75, 3.05) is 26.2 Å². The summed E-state index contributed by atoms with van der Waals surface area (Å²) in [4.78, 5) is 19.3. The molecule has 2 unspecified atom stereocenters. The summed E-state index contributed by atoms with van der Waals surface area (Å²) in [6.45, 7) is 3.40. The van der Waals surface area contributed by atoms with Crippen molar-refractivity contribution in [3.63, 3.8) is 0 Å². The molecule has 0 bridgehead atoms. The molecule has 2 atom stereocenters. The number of ether oxygens (including phenoxy) is 1. The summed E-state index contributed by atoms with van der Waals surface area (Å²) in [5.41, 5.74) is 1.52. The zero-order chi connectivity index (χ0) is 16.4. The van der Waals surface area contributed by atoms with E-state index in [1.165, 1.54) is 24.2 Å². The minimum absolute atomic E-state index is 0.0792. The zero-order valence-electron chi connectivity index (χ0n) is 13.5. The first-order valence-electron chi connectivity index (χ1n) is 8.44. The van der Waals surface area contributed by atoms with Crippen LogP contribution in [0.3, 0.4) is 0 Å². The van der Waals surface area contributed by atoms with Crippen molar-refractivity contribution in [3.05, 3.63) is 41.4 Å². The second kappa shape index (κ2) is 7.01. The lowest BCUT2D eigenvalue weighted by molar-refractivity contribution is -0.0462. The molecule has 126 valence electrons. The quantitative estimate of drug-likeness (QED) is 0.926. The van der Waals surface area contributed by atoms with E-state index in [1.807, 2.05) is 35.7 Å². The molecular formula is C18H21N3O2S. The number of thiazole rings is 1. The highest BCUT2D eigenvalue weighted by atomic mass is 32.1. The van der Waals surface area contributed by atoms with E-state index in [4.69, 9.17) is 4.74 Å². The predicted octanol–water partition coefficient (Wildman–Crippen LogP) is 2.40. The van der Waals surface area contributed by atoms with E-state index in [-0.39, 0.29) is 12.0 Å². The summed E-state index contributed by atoms with van der Waals surface area (Å²) in [5.74, 6) is -0.124. The van der Waals surface area contributed by atoms with Gasteiger partial charge in [0.2, 0.25) is 0 Å². The van der Waals surface area contributed by atoms with Crippen LogP contribution in [0.15, 0.2) is 35.7 Å². The number of amides is 1. The Labute approximate surface area is 145 Å². The van der Waals surface area contributed by atoms with Gasteiger partial charge in [0.25, 0.3) is 5.91 Å². The molecule has 0 spiro atoms. The van der Waals surface area contributed by atoms with Gasteiger partial charge in [-0.25, -0.2) is 4.98 Å². The molecule has 0 aliphatic carbocycles. The van der Waals surface area contributed by atoms with E-state index in [1.54, 1.807) is 0 Å². The van der Waals surface area contributed by atoms with E-state index in [0.29, 0.717) is 18.3 Å². The third kappa shape index (κ3) is 3.36. The van der Waals surface area contributed by atoms with Gasteiger partial charge in [0.05, 0.1) is 12.7 Å². The molecule has 2 aliphatic rings. The summed E-state index contributed by atoms with van der Waals surface area (Å²) in [7, 11) is 0. The average molecular weight is 343 g/mol. The standard InChI is InChI=1S/C18H21N3O2S/c22-17(16-12-24-18(20-16)13-5-2-1-3-6-13)19-9-15-10-21-8-4-7-14(21)11-23-15/h1-3,5-6,12,14-15H,4,7-11H2,(H,19,22). The van der Waals surface area contributed by atoms with Crippen LogP contribution in [0.25, 0.3) is 10.6 Å². The normalized spacial score (nSPS) is 23.8. The van der Waals surface area contributed by atoms with Crippen molar-refractivity contribution in [2.24, 2.45) is 0 Å². The molecule has 1 aromatic heterocycles. The molecule has 24 heavy (non-hydrogen) atoms. The molecule has 2 saturated heterocycles. The fraction of sp³-hybridized carbons (Fsp3) is 0.444. The largest absolute Gasteiger partial charge is 0.373 e. The van der Waals surface area contributed by atoms with E-state index in [2.05, 4.69) is 15.2 Å². The fourth-order valence-corrected chi connectivity index (χ4v) is 4.20. The number of fused-ring (bicyclic) bond motifs is 1. The Kier molecular flexibility index (Phi) is 4.60. The molecule has 0 radical (unpaired) electrons. The SMILES string of the molecule is O=C(NCC1CN2CCCC2CO1)c1csc(-c2ccccc2)n1. The van der Waals surface area contributed by atoms with Gasteiger partial charge in [0, 0.05) is 30.1 Å². The first-order valence-corrected chi connectivity index (χ1v) is 9.32. The van der Waals surface area contributed by atoms with Gasteiger partial charge < -0.3 is 10.1 Å². The first-order chi connectivity index (χ1) is 11.8. The topological polar surface area (TPSA) is 54.5 Å². The second-order valence-corrected chi connectivity index (χ2v) is 7.22. The number of carbonyl (C=O) groups excluding carboxylic acids is 1. The number of hydrogen-bond acceptors (Lipinski definition) is 5. The van der Waals surface area contributed by atoms with Crippen LogP contribution in [-0.4, -0.2) is 54.2 Å². The summed E-state index contributed by atoms with van der Waals surface area (Å²) in [5, 5.41) is 5.65. The van der Waals surface area contributed by atoms with Crippen LogP contribution in [0, 0.1) is 0 Å². The van der Waals surface area contributed by atoms with Crippen LogP contribution in [-0.2, 0) is 4.74 Å². The monoisotopic (exact) mass is 343 g/mol. The molecule has 6 heteroatoms. The molecule has 1 amide bonds.